The number of hydrogen-bond acceptors (Lipinski definition) is 13. The standard InChI is InChI=1S/C41H40O5.2C36H30O4/c1-4-45-40(43)28-35-17-8-32(9-18-35)13-22-38-25-37(21-12-31-6-15-34(16-7-31)24-30(3)42)26-39(27-38)23-14-33-10-19-36(20-11-33)29-41(44)46-5-2;1-25(37)33-16-10-27(11-17-33)4-7-30-22-31(8-5-28-12-18-34(19-13-28)26(2)38)24-32(23-30)9-6-29-14-20-35(21-15-29)36(39)40-3;1-25(37)31-15-6-27(7-16-31)4-5-30-14-20-33(19-10-29-11-21-34(22-12-29)36(39)40-3)35(24-30)23-13-28-8-17-32(18-9-28)26(2)38/h6-23,25-27H,4-5,24,28-29H2,1-3H3;2*4-24H,1-3H3/b21-12+,22-13+,23-14+;7-4+,8-5+,9-6+;5-4+,19-10+,23-13+. The molecule has 0 aromatic heterocycles. The fraction of sp³-hybridized carbons (Fsp3) is 0.124. The Morgan fingerprint density at radius 2 is 0.413 bits per heavy atom. The van der Waals surface area contributed by atoms with Gasteiger partial charge >= 0.3 is 23.9 Å². The van der Waals surface area contributed by atoms with Gasteiger partial charge in [-0.1, -0.05) is 316 Å². The van der Waals surface area contributed by atoms with E-state index in [0.717, 1.165) is 117 Å². The zero-order valence-corrected chi connectivity index (χ0v) is 72.2. The molecule has 126 heavy (non-hydrogen) atoms. The second-order valence-electron chi connectivity index (χ2n) is 29.8. The van der Waals surface area contributed by atoms with Crippen molar-refractivity contribution in [2.24, 2.45) is 0 Å². The van der Waals surface area contributed by atoms with Crippen LogP contribution in [0.4, 0.5) is 0 Å². The summed E-state index contributed by atoms with van der Waals surface area (Å²) in [5.41, 5.74) is 24.9. The first-order chi connectivity index (χ1) is 60.9. The largest absolute Gasteiger partial charge is 0.466 e. The van der Waals surface area contributed by atoms with Gasteiger partial charge in [-0.05, 0) is 232 Å². The molecule has 0 aliphatic heterocycles. The molecule has 0 spiro atoms. The van der Waals surface area contributed by atoms with Gasteiger partial charge in [0.2, 0.25) is 0 Å². The normalized spacial score (nSPS) is 11.4. The van der Waals surface area contributed by atoms with Gasteiger partial charge in [-0.15, -0.1) is 0 Å². The molecule has 0 saturated heterocycles. The minimum Gasteiger partial charge on any atom is -0.466 e. The second kappa shape index (κ2) is 47.7. The van der Waals surface area contributed by atoms with Gasteiger partial charge < -0.3 is 18.9 Å². The second-order valence-corrected chi connectivity index (χ2v) is 29.8. The summed E-state index contributed by atoms with van der Waals surface area (Å²) in [4.78, 5) is 105. The minimum atomic E-state index is -0.363. The first kappa shape index (κ1) is 92.8. The monoisotopic (exact) mass is 1660 g/mol. The van der Waals surface area contributed by atoms with E-state index in [1.807, 2.05) is 261 Å². The third-order valence-electron chi connectivity index (χ3n) is 19.9. The van der Waals surface area contributed by atoms with Crippen LogP contribution in [0.15, 0.2) is 273 Å². The molecule has 12 aromatic carbocycles. The van der Waals surface area contributed by atoms with E-state index in [9.17, 15) is 43.2 Å². The highest BCUT2D eigenvalue weighted by atomic mass is 16.5. The van der Waals surface area contributed by atoms with E-state index >= 15 is 0 Å². The average Bonchev–Trinajstić information content (AvgIpc) is 0.864. The lowest BCUT2D eigenvalue weighted by Gasteiger charge is -2.05. The number of hydrogen-bond donors (Lipinski definition) is 0. The highest BCUT2D eigenvalue weighted by molar-refractivity contribution is 5.97. The maximum absolute atomic E-state index is 11.8. The van der Waals surface area contributed by atoms with Gasteiger partial charge in [-0.25, -0.2) is 9.59 Å². The third-order valence-corrected chi connectivity index (χ3v) is 19.9. The summed E-state index contributed by atoms with van der Waals surface area (Å²) in [6, 6.07) is 87.3. The number of carbonyl (C=O) groups is 9. The molecule has 0 atom stereocenters. The van der Waals surface area contributed by atoms with Crippen LogP contribution in [0.3, 0.4) is 0 Å². The maximum Gasteiger partial charge on any atom is 0.337 e. The Hall–Kier alpha value is -15.5. The summed E-state index contributed by atoms with van der Waals surface area (Å²) < 4.78 is 19.7. The highest BCUT2D eigenvalue weighted by Gasteiger charge is 2.11. The van der Waals surface area contributed by atoms with Crippen LogP contribution in [0.1, 0.15) is 227 Å². The number of ether oxygens (including phenoxy) is 4. The molecular weight excluding hydrogens is 1570 g/mol. The predicted octanol–water partition coefficient (Wildman–Crippen LogP) is 25.3. The number of methoxy groups -OCH3 is 2. The molecule has 0 fully saturated rings. The zero-order valence-electron chi connectivity index (χ0n) is 72.2. The molecule has 630 valence electrons. The Bertz CT molecular complexity index is 5930. The molecule has 0 bridgehead atoms. The number of rotatable bonds is 32. The molecule has 0 N–H and O–H groups in total. The van der Waals surface area contributed by atoms with Crippen LogP contribution < -0.4 is 0 Å². The van der Waals surface area contributed by atoms with E-state index in [1.54, 1.807) is 72.7 Å². The van der Waals surface area contributed by atoms with Gasteiger partial charge in [0.15, 0.2) is 23.1 Å². The predicted molar refractivity (Wildman–Crippen MR) is 515 cm³/mol. The van der Waals surface area contributed by atoms with Gasteiger partial charge in [0.25, 0.3) is 0 Å². The molecule has 13 nitrogen and oxygen atoms in total. The Morgan fingerprint density at radius 3 is 0.643 bits per heavy atom. The van der Waals surface area contributed by atoms with Crippen LogP contribution in [0.2, 0.25) is 0 Å². The maximum atomic E-state index is 11.8. The van der Waals surface area contributed by atoms with Crippen LogP contribution in [0.5, 0.6) is 0 Å². The first-order valence-corrected chi connectivity index (χ1v) is 41.4. The van der Waals surface area contributed by atoms with Crippen LogP contribution in [0, 0.1) is 0 Å². The molecule has 0 unspecified atom stereocenters. The van der Waals surface area contributed by atoms with Crippen molar-refractivity contribution in [3.05, 3.63) is 423 Å². The van der Waals surface area contributed by atoms with Crippen LogP contribution in [-0.4, -0.2) is 80.2 Å². The number of carbonyl (C=O) groups excluding carboxylic acids is 9. The van der Waals surface area contributed by atoms with Gasteiger partial charge in [0, 0.05) is 28.7 Å². The highest BCUT2D eigenvalue weighted by Crippen LogP contribution is 2.26. The lowest BCUT2D eigenvalue weighted by molar-refractivity contribution is -0.143. The molecular formula is C113H100O13. The summed E-state index contributed by atoms with van der Waals surface area (Å²) in [7, 11) is 2.73. The van der Waals surface area contributed by atoms with Crippen molar-refractivity contribution < 1.29 is 62.1 Å². The van der Waals surface area contributed by atoms with Crippen molar-refractivity contribution >= 4 is 162 Å². The summed E-state index contributed by atoms with van der Waals surface area (Å²) >= 11 is 0. The zero-order chi connectivity index (χ0) is 89.7. The number of esters is 4. The van der Waals surface area contributed by atoms with E-state index in [-0.39, 0.29) is 65.6 Å². The molecule has 13 heteroatoms. The molecule has 0 aliphatic rings. The van der Waals surface area contributed by atoms with Gasteiger partial charge in [-0.2, -0.15) is 0 Å². The molecule has 0 aliphatic carbocycles. The topological polar surface area (TPSA) is 191 Å². The molecule has 12 aromatic rings. The first-order valence-electron chi connectivity index (χ1n) is 41.4. The van der Waals surface area contributed by atoms with Crippen LogP contribution in [0.25, 0.3) is 109 Å². The van der Waals surface area contributed by atoms with Crippen molar-refractivity contribution in [3.8, 4) is 0 Å². The summed E-state index contributed by atoms with van der Waals surface area (Å²) in [5, 5.41) is 0. The fourth-order valence-corrected chi connectivity index (χ4v) is 13.0. The fourth-order valence-electron chi connectivity index (χ4n) is 13.0. The third kappa shape index (κ3) is 30.6. The van der Waals surface area contributed by atoms with Crippen molar-refractivity contribution in [1.29, 1.82) is 0 Å². The van der Waals surface area contributed by atoms with Crippen LogP contribution in [-0.2, 0) is 52.6 Å². The Balaban J connectivity index is 0.000000198. The number of ketones is 5. The summed E-state index contributed by atoms with van der Waals surface area (Å²) in [6.07, 6.45) is 37.7. The quantitative estimate of drug-likeness (QED) is 0.0168. The molecule has 12 rings (SSSR count). The lowest BCUT2D eigenvalue weighted by Crippen LogP contribution is -2.07. The lowest BCUT2D eigenvalue weighted by atomic mass is 10.00. The van der Waals surface area contributed by atoms with Gasteiger partial charge in [0.1, 0.15) is 5.78 Å². The summed E-state index contributed by atoms with van der Waals surface area (Å²) in [6.45, 7) is 12.2. The number of Topliss-reactive ketones (excluding diaryl/α,β-unsaturated/α-hetero) is 5. The molecule has 0 heterocycles. The average molecular weight is 1670 g/mol. The Kier molecular flexibility index (Phi) is 35.1. The van der Waals surface area contributed by atoms with E-state index in [2.05, 4.69) is 97.1 Å². The van der Waals surface area contributed by atoms with E-state index < -0.39 is 0 Å². The Morgan fingerprint density at radius 1 is 0.214 bits per heavy atom. The van der Waals surface area contributed by atoms with Crippen molar-refractivity contribution in [3.63, 3.8) is 0 Å². The van der Waals surface area contributed by atoms with Crippen molar-refractivity contribution in [2.75, 3.05) is 27.4 Å². The van der Waals surface area contributed by atoms with E-state index in [0.29, 0.717) is 53.0 Å². The van der Waals surface area contributed by atoms with Crippen LogP contribution >= 0.6 is 0 Å². The smallest absolute Gasteiger partial charge is 0.337 e. The van der Waals surface area contributed by atoms with Crippen molar-refractivity contribution in [1.82, 2.24) is 0 Å². The molecule has 0 saturated carbocycles. The SMILES string of the molecule is CCOC(=O)Cc1ccc(/C=C/c2cc(/C=C/c3ccc(CC(C)=O)cc3)cc(/C=C/c3ccc(CC(=O)OCC)cc3)c2)cc1.COC(=O)c1ccc(/C=C/c2cc(/C=C/c3ccc(C(C)=O)cc3)cc(/C=C/c3ccc(C(C)=O)cc3)c2)cc1.COC(=O)c1ccc(/C=C/c2ccc(/C=C/c3ccc(C(C)=O)cc3)cc2/C=C/c2ccc(C(C)=O)cc2)cc1. The number of benzene rings is 12. The van der Waals surface area contributed by atoms with Gasteiger partial charge in [-0.3, -0.25) is 33.6 Å². The summed E-state index contributed by atoms with van der Waals surface area (Å²) in [5.74, 6) is -0.856. The molecule has 0 amide bonds. The minimum absolute atomic E-state index is 0.0398. The van der Waals surface area contributed by atoms with E-state index in [4.69, 9.17) is 18.9 Å². The van der Waals surface area contributed by atoms with Crippen molar-refractivity contribution in [2.45, 2.75) is 67.7 Å². The molecule has 0 radical (unpaired) electrons. The van der Waals surface area contributed by atoms with E-state index in [1.165, 1.54) is 14.2 Å². The van der Waals surface area contributed by atoms with Gasteiger partial charge in [0.05, 0.1) is 51.4 Å². The Labute approximate surface area is 738 Å².